The molecule has 1 aromatic carbocycles. The van der Waals surface area contributed by atoms with Crippen LogP contribution in [0.25, 0.3) is 0 Å². The fraction of sp³-hybridized carbons (Fsp3) is 0.312. The Morgan fingerprint density at radius 3 is 2.95 bits per heavy atom. The zero-order chi connectivity index (χ0) is 14.7. The highest BCUT2D eigenvalue weighted by Crippen LogP contribution is 2.23. The van der Waals surface area contributed by atoms with Crippen LogP contribution in [-0.2, 0) is 29.2 Å². The highest BCUT2D eigenvalue weighted by Gasteiger charge is 2.13. The number of anilines is 1. The van der Waals surface area contributed by atoms with E-state index < -0.39 is 5.97 Å². The van der Waals surface area contributed by atoms with E-state index in [0.717, 1.165) is 5.69 Å². The Labute approximate surface area is 122 Å². The maximum Gasteiger partial charge on any atom is 0.374 e. The van der Waals surface area contributed by atoms with E-state index in [1.165, 1.54) is 11.1 Å². The van der Waals surface area contributed by atoms with Gasteiger partial charge in [-0.05, 0) is 42.3 Å². The van der Waals surface area contributed by atoms with Crippen molar-refractivity contribution in [2.75, 3.05) is 11.9 Å². The van der Waals surface area contributed by atoms with Crippen molar-refractivity contribution in [3.8, 4) is 0 Å². The van der Waals surface area contributed by atoms with Gasteiger partial charge in [-0.25, -0.2) is 4.79 Å². The average molecular weight is 287 g/mol. The average Bonchev–Trinajstić information content (AvgIpc) is 3.14. The van der Waals surface area contributed by atoms with E-state index in [9.17, 15) is 4.79 Å². The molecule has 0 atom stereocenters. The molecular weight excluding hydrogens is 270 g/mol. The largest absolute Gasteiger partial charge is 0.460 e. The second kappa shape index (κ2) is 6.01. The molecule has 0 radical (unpaired) electrons. The van der Waals surface area contributed by atoms with E-state index in [1.807, 2.05) is 6.07 Å². The van der Waals surface area contributed by atoms with E-state index in [-0.39, 0.29) is 5.76 Å². The van der Waals surface area contributed by atoms with Crippen LogP contribution in [0.15, 0.2) is 34.7 Å². The first kappa shape index (κ1) is 13.7. The van der Waals surface area contributed by atoms with Crippen LogP contribution in [0.5, 0.6) is 0 Å². The van der Waals surface area contributed by atoms with Gasteiger partial charge in [-0.1, -0.05) is 6.07 Å². The Hall–Kier alpha value is -2.27. The molecule has 0 unspecified atom stereocenters. The maximum absolute atomic E-state index is 11.5. The van der Waals surface area contributed by atoms with E-state index in [4.69, 9.17) is 13.9 Å². The van der Waals surface area contributed by atoms with Crippen molar-refractivity contribution in [2.45, 2.75) is 26.7 Å². The molecule has 0 spiro atoms. The molecule has 0 fully saturated rings. The number of nitrogens with one attached hydrogen (secondary N) is 1. The molecule has 21 heavy (non-hydrogen) atoms. The Morgan fingerprint density at radius 1 is 1.24 bits per heavy atom. The highest BCUT2D eigenvalue weighted by atomic mass is 16.5. The van der Waals surface area contributed by atoms with E-state index >= 15 is 0 Å². The fourth-order valence-corrected chi connectivity index (χ4v) is 2.26. The van der Waals surface area contributed by atoms with Crippen LogP contribution < -0.4 is 5.32 Å². The zero-order valence-corrected chi connectivity index (χ0v) is 11.8. The number of carbonyl (C=O) groups excluding carboxylic acids is 1. The van der Waals surface area contributed by atoms with Crippen LogP contribution in [0.2, 0.25) is 0 Å². The normalized spacial score (nSPS) is 13.0. The molecule has 1 aromatic heterocycles. The van der Waals surface area contributed by atoms with Gasteiger partial charge in [-0.2, -0.15) is 0 Å². The molecule has 1 N–H and O–H groups in total. The summed E-state index contributed by atoms with van der Waals surface area (Å²) in [6, 6.07) is 9.57. The molecule has 0 saturated heterocycles. The number of furan rings is 1. The molecule has 5 nitrogen and oxygen atoms in total. The van der Waals surface area contributed by atoms with Gasteiger partial charge in [-0.15, -0.1) is 0 Å². The third-order valence-electron chi connectivity index (χ3n) is 3.33. The molecule has 3 rings (SSSR count). The summed E-state index contributed by atoms with van der Waals surface area (Å²) in [5, 5.41) is 3.27. The zero-order valence-electron chi connectivity index (χ0n) is 11.8. The molecule has 2 heterocycles. The van der Waals surface area contributed by atoms with Crippen molar-refractivity contribution >= 4 is 11.7 Å². The minimum Gasteiger partial charge on any atom is -0.460 e. The van der Waals surface area contributed by atoms with Gasteiger partial charge in [0.2, 0.25) is 5.76 Å². The van der Waals surface area contributed by atoms with E-state index in [0.29, 0.717) is 32.1 Å². The van der Waals surface area contributed by atoms with Crippen molar-refractivity contribution < 1.29 is 18.7 Å². The molecule has 0 amide bonds. The first-order valence-electron chi connectivity index (χ1n) is 6.95. The quantitative estimate of drug-likeness (QED) is 0.856. The van der Waals surface area contributed by atoms with Crippen LogP contribution in [-0.4, -0.2) is 12.6 Å². The molecule has 0 saturated carbocycles. The van der Waals surface area contributed by atoms with Crippen molar-refractivity contribution in [1.29, 1.82) is 0 Å². The second-order valence-electron chi connectivity index (χ2n) is 4.82. The van der Waals surface area contributed by atoms with Gasteiger partial charge in [-0.3, -0.25) is 0 Å². The number of hydrogen-bond donors (Lipinski definition) is 1. The minimum atomic E-state index is -0.432. The van der Waals surface area contributed by atoms with E-state index in [2.05, 4.69) is 17.4 Å². The maximum atomic E-state index is 11.5. The first-order valence-corrected chi connectivity index (χ1v) is 6.95. The van der Waals surface area contributed by atoms with Crippen molar-refractivity contribution in [1.82, 2.24) is 0 Å². The molecule has 1 aliphatic rings. The summed E-state index contributed by atoms with van der Waals surface area (Å²) in [5.74, 6) is 0.490. The van der Waals surface area contributed by atoms with E-state index in [1.54, 1.807) is 19.1 Å². The number of ether oxygens (including phenoxy) is 2. The van der Waals surface area contributed by atoms with Crippen molar-refractivity contribution in [3.05, 3.63) is 53.0 Å². The number of hydrogen-bond acceptors (Lipinski definition) is 5. The summed E-state index contributed by atoms with van der Waals surface area (Å²) in [5.41, 5.74) is 3.46. The Kier molecular flexibility index (Phi) is 3.92. The molecule has 0 bridgehead atoms. The number of esters is 1. The van der Waals surface area contributed by atoms with Gasteiger partial charge in [0.1, 0.15) is 5.76 Å². The second-order valence-corrected chi connectivity index (χ2v) is 4.82. The summed E-state index contributed by atoms with van der Waals surface area (Å²) in [6.45, 7) is 3.97. The smallest absolute Gasteiger partial charge is 0.374 e. The molecule has 1 aliphatic heterocycles. The molecule has 2 aromatic rings. The Balaban J connectivity index is 1.61. The predicted molar refractivity (Wildman–Crippen MR) is 76.9 cm³/mol. The third-order valence-corrected chi connectivity index (χ3v) is 3.33. The summed E-state index contributed by atoms with van der Waals surface area (Å²) >= 11 is 0. The van der Waals surface area contributed by atoms with Crippen LogP contribution >= 0.6 is 0 Å². The molecule has 110 valence electrons. The molecule has 0 aliphatic carbocycles. The summed E-state index contributed by atoms with van der Waals surface area (Å²) in [6.07, 6.45) is 0. The molecular formula is C16H17NO4. The summed E-state index contributed by atoms with van der Waals surface area (Å²) in [7, 11) is 0. The standard InChI is InChI=1S/C16H17NO4/c1-2-20-16(18)15-6-5-14(21-15)8-17-13-4-3-11-9-19-10-12(11)7-13/h3-7,17H,2,8-10H2,1H3. The van der Waals surface area contributed by atoms with Gasteiger partial charge in [0.15, 0.2) is 0 Å². The van der Waals surface area contributed by atoms with Gasteiger partial charge in [0.05, 0.1) is 26.4 Å². The van der Waals surface area contributed by atoms with Gasteiger partial charge < -0.3 is 19.2 Å². The number of rotatable bonds is 5. The van der Waals surface area contributed by atoms with Crippen LogP contribution in [0, 0.1) is 0 Å². The monoisotopic (exact) mass is 287 g/mol. The lowest BCUT2D eigenvalue weighted by molar-refractivity contribution is 0.0488. The lowest BCUT2D eigenvalue weighted by atomic mass is 10.1. The predicted octanol–water partition coefficient (Wildman–Crippen LogP) is 3.10. The Bertz CT molecular complexity index is 647. The number of carbonyl (C=O) groups is 1. The minimum absolute atomic E-state index is 0.232. The van der Waals surface area contributed by atoms with Crippen LogP contribution in [0.4, 0.5) is 5.69 Å². The summed E-state index contributed by atoms with van der Waals surface area (Å²) < 4.78 is 15.7. The first-order chi connectivity index (χ1) is 10.3. The van der Waals surface area contributed by atoms with Crippen molar-refractivity contribution in [2.24, 2.45) is 0 Å². The van der Waals surface area contributed by atoms with Gasteiger partial charge in [0, 0.05) is 5.69 Å². The van der Waals surface area contributed by atoms with Gasteiger partial charge in [0.25, 0.3) is 0 Å². The third kappa shape index (κ3) is 3.08. The van der Waals surface area contributed by atoms with Crippen molar-refractivity contribution in [3.63, 3.8) is 0 Å². The number of fused-ring (bicyclic) bond motifs is 1. The fourth-order valence-electron chi connectivity index (χ4n) is 2.26. The highest BCUT2D eigenvalue weighted by molar-refractivity contribution is 5.86. The van der Waals surface area contributed by atoms with Gasteiger partial charge >= 0.3 is 5.97 Å². The Morgan fingerprint density at radius 2 is 2.10 bits per heavy atom. The molecule has 5 heteroatoms. The SMILES string of the molecule is CCOC(=O)c1ccc(CNc2ccc3c(c2)COC3)o1. The topological polar surface area (TPSA) is 60.7 Å². The van der Waals surface area contributed by atoms with Crippen LogP contribution in [0.3, 0.4) is 0 Å². The summed E-state index contributed by atoms with van der Waals surface area (Å²) in [4.78, 5) is 11.5. The van der Waals surface area contributed by atoms with Crippen LogP contribution in [0.1, 0.15) is 34.4 Å². The lowest BCUT2D eigenvalue weighted by Crippen LogP contribution is -2.03. The number of benzene rings is 1. The lowest BCUT2D eigenvalue weighted by Gasteiger charge is -2.06.